The molecular weight excluding hydrogens is 619 g/mol. The number of fused-ring (bicyclic) bond motifs is 1. The van der Waals surface area contributed by atoms with Crippen LogP contribution in [0.4, 0.5) is 19.1 Å². The molecule has 4 heterocycles. The molecule has 218 valence electrons. The summed E-state index contributed by atoms with van der Waals surface area (Å²) in [6.07, 6.45) is 5.51. The zero-order valence-corrected chi connectivity index (χ0v) is 23.9. The van der Waals surface area contributed by atoms with Crippen LogP contribution >= 0.6 is 15.9 Å². The summed E-state index contributed by atoms with van der Waals surface area (Å²) in [5, 5.41) is 3.28. The van der Waals surface area contributed by atoms with Gasteiger partial charge in [0.15, 0.2) is 11.5 Å². The van der Waals surface area contributed by atoms with E-state index in [1.54, 1.807) is 18.5 Å². The number of halogens is 4. The van der Waals surface area contributed by atoms with Gasteiger partial charge in [-0.3, -0.25) is 4.79 Å². The Kier molecular flexibility index (Phi) is 8.33. The van der Waals surface area contributed by atoms with Gasteiger partial charge in [-0.15, -0.1) is 12.3 Å². The number of hydrogen-bond acceptors (Lipinski definition) is 9. The fraction of sp³-hybridized carbons (Fsp3) is 0.321. The monoisotopic (exact) mass is 643 g/mol. The Bertz CT molecular complexity index is 1650. The number of nitrogens with one attached hydrogen (secondary N) is 1. The highest BCUT2D eigenvalue weighted by molar-refractivity contribution is 9.10. The van der Waals surface area contributed by atoms with E-state index in [-0.39, 0.29) is 46.5 Å². The maximum atomic E-state index is 13.5. The van der Waals surface area contributed by atoms with E-state index in [0.717, 1.165) is 10.5 Å². The molecule has 1 amide bonds. The summed E-state index contributed by atoms with van der Waals surface area (Å²) >= 11 is 3.32. The molecule has 14 heteroatoms. The van der Waals surface area contributed by atoms with Crippen LogP contribution in [0, 0.1) is 12.3 Å². The second-order valence-electron chi connectivity index (χ2n) is 9.59. The quantitative estimate of drug-likeness (QED) is 0.270. The van der Waals surface area contributed by atoms with Gasteiger partial charge in [0.2, 0.25) is 11.8 Å². The molecule has 5 rings (SSSR count). The normalized spacial score (nSPS) is 14.9. The third-order valence-corrected chi connectivity index (χ3v) is 7.23. The number of benzene rings is 1. The number of ether oxygens (including phenoxy) is 1. The number of amides is 1. The predicted octanol–water partition coefficient (Wildman–Crippen LogP) is 4.89. The highest BCUT2D eigenvalue weighted by Gasteiger charge is 2.34. The topological polar surface area (TPSA) is 132 Å². The highest BCUT2D eigenvalue weighted by Crippen LogP contribution is 2.37. The van der Waals surface area contributed by atoms with E-state index in [0.29, 0.717) is 37.4 Å². The van der Waals surface area contributed by atoms with Gasteiger partial charge in [-0.05, 0) is 53.0 Å². The first kappa shape index (κ1) is 29.3. The minimum absolute atomic E-state index is 0.0148. The van der Waals surface area contributed by atoms with Crippen molar-refractivity contribution in [1.82, 2.24) is 25.3 Å². The standard InChI is InChI=1S/C28H25BrF3N7O3/c1-3-4-19(33)24-23(25(40)36-16-9-11-39(12-10-16)27-34-13-15(29)14-35-27)38-26(42-24)18-5-7-20(41-2)22-17(18)6-8-21(37-22)28(30,31)32/h1,5-8,13-14,16,19H,4,9-12,33H2,2H3,(H,36,40). The van der Waals surface area contributed by atoms with E-state index in [2.05, 4.69) is 47.1 Å². The second-order valence-corrected chi connectivity index (χ2v) is 10.5. The van der Waals surface area contributed by atoms with Crippen LogP contribution in [0.15, 0.2) is 45.5 Å². The third-order valence-electron chi connectivity index (χ3n) is 6.82. The van der Waals surface area contributed by atoms with Gasteiger partial charge in [-0.1, -0.05) is 0 Å². The summed E-state index contributed by atoms with van der Waals surface area (Å²) in [7, 11) is 1.33. The molecule has 1 saturated heterocycles. The number of aromatic nitrogens is 4. The fourth-order valence-corrected chi connectivity index (χ4v) is 4.93. The molecule has 4 aromatic rings. The van der Waals surface area contributed by atoms with Crippen LogP contribution in [-0.4, -0.2) is 52.1 Å². The molecular formula is C28H25BrF3N7O3. The van der Waals surface area contributed by atoms with E-state index in [1.165, 1.54) is 19.2 Å². The molecule has 42 heavy (non-hydrogen) atoms. The number of piperidine rings is 1. The number of methoxy groups -OCH3 is 1. The van der Waals surface area contributed by atoms with Crippen molar-refractivity contribution < 1.29 is 27.1 Å². The van der Waals surface area contributed by atoms with E-state index in [4.69, 9.17) is 21.3 Å². The van der Waals surface area contributed by atoms with Crippen LogP contribution < -0.4 is 20.7 Å². The maximum absolute atomic E-state index is 13.5. The van der Waals surface area contributed by atoms with Crippen LogP contribution in [0.25, 0.3) is 22.4 Å². The molecule has 10 nitrogen and oxygen atoms in total. The lowest BCUT2D eigenvalue weighted by Crippen LogP contribution is -2.45. The summed E-state index contributed by atoms with van der Waals surface area (Å²) in [6.45, 7) is 1.26. The molecule has 3 aromatic heterocycles. The van der Waals surface area contributed by atoms with Crippen molar-refractivity contribution in [2.24, 2.45) is 5.73 Å². The highest BCUT2D eigenvalue weighted by atomic mass is 79.9. The van der Waals surface area contributed by atoms with Crippen LogP contribution in [-0.2, 0) is 6.18 Å². The van der Waals surface area contributed by atoms with Gasteiger partial charge in [0.25, 0.3) is 5.91 Å². The molecule has 0 aliphatic carbocycles. The number of anilines is 1. The lowest BCUT2D eigenvalue weighted by Gasteiger charge is -2.32. The molecule has 1 atom stereocenters. The van der Waals surface area contributed by atoms with Gasteiger partial charge in [-0.25, -0.2) is 19.9 Å². The first-order chi connectivity index (χ1) is 20.1. The molecule has 0 radical (unpaired) electrons. The average molecular weight is 644 g/mol. The number of nitrogens with zero attached hydrogens (tertiary/aromatic N) is 5. The second kappa shape index (κ2) is 11.9. The van der Waals surface area contributed by atoms with E-state index >= 15 is 0 Å². The van der Waals surface area contributed by atoms with Gasteiger partial charge >= 0.3 is 6.18 Å². The SMILES string of the molecule is C#CCC(N)c1oc(-c2ccc(OC)c3nc(C(F)(F)F)ccc23)nc1C(=O)NC1CCN(c2ncc(Br)cn2)CC1. The third kappa shape index (κ3) is 6.02. The molecule has 0 bridgehead atoms. The summed E-state index contributed by atoms with van der Waals surface area (Å²) in [6, 6.07) is 4.15. The predicted molar refractivity (Wildman–Crippen MR) is 152 cm³/mol. The Hall–Kier alpha value is -4.22. The van der Waals surface area contributed by atoms with Crippen molar-refractivity contribution in [2.75, 3.05) is 25.1 Å². The number of alkyl halides is 3. The molecule has 3 N–H and O–H groups in total. The van der Waals surface area contributed by atoms with Crippen LogP contribution in [0.3, 0.4) is 0 Å². The first-order valence-electron chi connectivity index (χ1n) is 12.9. The number of pyridine rings is 1. The lowest BCUT2D eigenvalue weighted by atomic mass is 10.0. The summed E-state index contributed by atoms with van der Waals surface area (Å²) in [5.41, 5.74) is 5.40. The number of oxazole rings is 1. The number of terminal acetylenes is 1. The Labute approximate surface area is 247 Å². The van der Waals surface area contributed by atoms with Gasteiger partial charge in [-0.2, -0.15) is 13.2 Å². The van der Waals surface area contributed by atoms with Crippen molar-refractivity contribution in [3.05, 3.63) is 58.3 Å². The van der Waals surface area contributed by atoms with Crippen molar-refractivity contribution in [1.29, 1.82) is 0 Å². The average Bonchev–Trinajstić information content (AvgIpc) is 3.42. The van der Waals surface area contributed by atoms with Crippen molar-refractivity contribution in [3.8, 4) is 29.5 Å². The Morgan fingerprint density at radius 3 is 2.60 bits per heavy atom. The van der Waals surface area contributed by atoms with Gasteiger partial charge in [0, 0.05) is 48.9 Å². The Morgan fingerprint density at radius 1 is 1.24 bits per heavy atom. The first-order valence-corrected chi connectivity index (χ1v) is 13.7. The number of rotatable bonds is 7. The maximum Gasteiger partial charge on any atom is 0.433 e. The Balaban J connectivity index is 1.43. The van der Waals surface area contributed by atoms with Crippen LogP contribution in [0.2, 0.25) is 0 Å². The molecule has 0 saturated carbocycles. The zero-order valence-electron chi connectivity index (χ0n) is 22.3. The largest absolute Gasteiger partial charge is 0.494 e. The van der Waals surface area contributed by atoms with Crippen LogP contribution in [0.1, 0.15) is 47.2 Å². The lowest BCUT2D eigenvalue weighted by molar-refractivity contribution is -0.140. The molecule has 0 spiro atoms. The molecule has 1 aliphatic heterocycles. The van der Waals surface area contributed by atoms with E-state index < -0.39 is 23.8 Å². The molecule has 1 aliphatic rings. The smallest absolute Gasteiger partial charge is 0.433 e. The summed E-state index contributed by atoms with van der Waals surface area (Å²) < 4.78 is 52.1. The number of hydrogen-bond donors (Lipinski definition) is 2. The van der Waals surface area contributed by atoms with Gasteiger partial charge in [0.1, 0.15) is 17.0 Å². The molecule has 1 unspecified atom stereocenters. The van der Waals surface area contributed by atoms with Gasteiger partial charge in [0.05, 0.1) is 17.6 Å². The molecule has 1 fully saturated rings. The number of carbonyl (C=O) groups excluding carboxylic acids is 1. The minimum Gasteiger partial charge on any atom is -0.494 e. The number of nitrogens with two attached hydrogens (primary N) is 1. The van der Waals surface area contributed by atoms with Crippen molar-refractivity contribution in [2.45, 2.75) is 37.5 Å². The fourth-order valence-electron chi connectivity index (χ4n) is 4.73. The van der Waals surface area contributed by atoms with Crippen molar-refractivity contribution >= 4 is 38.7 Å². The Morgan fingerprint density at radius 2 is 1.95 bits per heavy atom. The number of carbonyl (C=O) groups is 1. The van der Waals surface area contributed by atoms with Crippen LogP contribution in [0.5, 0.6) is 5.75 Å². The van der Waals surface area contributed by atoms with E-state index in [9.17, 15) is 18.0 Å². The zero-order chi connectivity index (χ0) is 30.0. The van der Waals surface area contributed by atoms with Crippen molar-refractivity contribution in [3.63, 3.8) is 0 Å². The summed E-state index contributed by atoms with van der Waals surface area (Å²) in [4.78, 5) is 32.4. The molecule has 1 aromatic carbocycles. The minimum atomic E-state index is -4.65. The summed E-state index contributed by atoms with van der Waals surface area (Å²) in [5.74, 6) is 2.75. The van der Waals surface area contributed by atoms with E-state index in [1.807, 2.05) is 4.90 Å². The van der Waals surface area contributed by atoms with Gasteiger partial charge < -0.3 is 25.1 Å².